The van der Waals surface area contributed by atoms with Gasteiger partial charge in [0.15, 0.2) is 0 Å². The molecular weight excluding hydrogens is 410 g/mol. The van der Waals surface area contributed by atoms with E-state index < -0.39 is 18.7 Å². The fourth-order valence-corrected chi connectivity index (χ4v) is 4.33. The molecule has 0 unspecified atom stereocenters. The van der Waals surface area contributed by atoms with Crippen molar-refractivity contribution in [1.82, 2.24) is 20.5 Å². The molecule has 2 amide bonds. The van der Waals surface area contributed by atoms with Crippen molar-refractivity contribution in [3.05, 3.63) is 54.7 Å². The van der Waals surface area contributed by atoms with E-state index in [1.165, 1.54) is 0 Å². The topological polar surface area (TPSA) is 107 Å². The predicted octanol–water partition coefficient (Wildman–Crippen LogP) is 0.222. The van der Waals surface area contributed by atoms with Gasteiger partial charge in [-0.05, 0) is 24.6 Å². The zero-order valence-electron chi connectivity index (χ0n) is 17.9. The Labute approximate surface area is 187 Å². The summed E-state index contributed by atoms with van der Waals surface area (Å²) in [6, 6.07) is 14.9. The van der Waals surface area contributed by atoms with Gasteiger partial charge in [-0.15, -0.1) is 0 Å². The third-order valence-corrected chi connectivity index (χ3v) is 5.98. The predicted molar refractivity (Wildman–Crippen MR) is 119 cm³/mol. The summed E-state index contributed by atoms with van der Waals surface area (Å²) in [6.07, 6.45) is 1.69. The molecule has 9 heteroatoms. The van der Waals surface area contributed by atoms with Gasteiger partial charge >= 0.3 is 0 Å². The lowest BCUT2D eigenvalue weighted by Crippen LogP contribution is -2.62. The smallest absolute Gasteiger partial charge is 0.240 e. The molecule has 2 aliphatic rings. The minimum absolute atomic E-state index is 0.0907. The first-order valence-corrected chi connectivity index (χ1v) is 10.9. The number of piperidine rings is 1. The Hall–Kier alpha value is -3.17. The maximum atomic E-state index is 13.3. The number of hydrogen-bond donors (Lipinski definition) is 3. The Morgan fingerprint density at radius 3 is 2.53 bits per heavy atom. The first-order chi connectivity index (χ1) is 15.7. The van der Waals surface area contributed by atoms with E-state index in [2.05, 4.69) is 32.7 Å². The van der Waals surface area contributed by atoms with Crippen LogP contribution in [0.25, 0.3) is 0 Å². The number of nitrogens with zero attached hydrogens (tertiary/aromatic N) is 3. The van der Waals surface area contributed by atoms with Crippen molar-refractivity contribution in [2.24, 2.45) is 5.92 Å². The Kier molecular flexibility index (Phi) is 7.18. The molecule has 2 saturated heterocycles. The molecule has 0 spiro atoms. The molecule has 0 aliphatic carbocycles. The van der Waals surface area contributed by atoms with Crippen molar-refractivity contribution < 1.29 is 19.4 Å². The van der Waals surface area contributed by atoms with Gasteiger partial charge < -0.3 is 30.3 Å². The molecule has 3 heterocycles. The minimum atomic E-state index is -0.659. The second-order valence-corrected chi connectivity index (χ2v) is 7.98. The van der Waals surface area contributed by atoms with E-state index in [4.69, 9.17) is 4.74 Å². The molecular formula is C23H29N5O4. The highest BCUT2D eigenvalue weighted by molar-refractivity contribution is 5.90. The van der Waals surface area contributed by atoms with Crippen molar-refractivity contribution in [3.8, 4) is 5.88 Å². The van der Waals surface area contributed by atoms with Crippen LogP contribution >= 0.6 is 0 Å². The number of carbonyl (C=O) groups excluding carboxylic acids is 2. The van der Waals surface area contributed by atoms with E-state index in [0.29, 0.717) is 31.9 Å². The summed E-state index contributed by atoms with van der Waals surface area (Å²) in [4.78, 5) is 34.2. The molecule has 2 aromatic rings. The number of piperazine rings is 1. The lowest BCUT2D eigenvalue weighted by atomic mass is 9.87. The van der Waals surface area contributed by atoms with Crippen LogP contribution in [-0.2, 0) is 9.59 Å². The number of benzene rings is 1. The van der Waals surface area contributed by atoms with Crippen LogP contribution in [0.2, 0.25) is 0 Å². The van der Waals surface area contributed by atoms with Gasteiger partial charge in [0.1, 0.15) is 12.8 Å². The number of ether oxygens (including phenoxy) is 1. The fourth-order valence-electron chi connectivity index (χ4n) is 4.33. The Morgan fingerprint density at radius 2 is 1.84 bits per heavy atom. The normalized spacial score (nSPS) is 23.5. The third-order valence-electron chi connectivity index (χ3n) is 5.98. The van der Waals surface area contributed by atoms with Crippen LogP contribution in [-0.4, -0.2) is 78.4 Å². The van der Waals surface area contributed by atoms with Gasteiger partial charge in [0.2, 0.25) is 17.7 Å². The second-order valence-electron chi connectivity index (χ2n) is 7.98. The quantitative estimate of drug-likeness (QED) is 0.553. The zero-order chi connectivity index (χ0) is 22.3. The summed E-state index contributed by atoms with van der Waals surface area (Å²) < 4.78 is 5.90. The monoisotopic (exact) mass is 439 g/mol. The van der Waals surface area contributed by atoms with Gasteiger partial charge in [-0.25, -0.2) is 4.98 Å². The maximum absolute atomic E-state index is 13.3. The van der Waals surface area contributed by atoms with Crippen LogP contribution in [0.1, 0.15) is 6.42 Å². The summed E-state index contributed by atoms with van der Waals surface area (Å²) in [7, 11) is 0. The number of carbonyl (C=O) groups is 2. The van der Waals surface area contributed by atoms with Gasteiger partial charge in [0.05, 0.1) is 12.0 Å². The highest BCUT2D eigenvalue weighted by Gasteiger charge is 2.42. The number of nitrogens with one attached hydrogen (secondary N) is 2. The van der Waals surface area contributed by atoms with Crippen LogP contribution in [0.3, 0.4) is 0 Å². The highest BCUT2D eigenvalue weighted by atomic mass is 16.5. The Bertz CT molecular complexity index is 890. The average molecular weight is 440 g/mol. The van der Waals surface area contributed by atoms with Crippen LogP contribution in [0.15, 0.2) is 54.7 Å². The van der Waals surface area contributed by atoms with E-state index in [-0.39, 0.29) is 17.9 Å². The standard InChI is InChI=1S/C23H29N5O4/c29-16-26-22(30)19-14-18(32-20-8-4-5-9-24-20)15-25-21(19)23(31)28-12-10-27(11-13-28)17-6-2-1-3-7-17/h1-9,18-19,21,25,29H,10-16H2,(H,26,30)/t18-,19-,21-/m0/s1. The Balaban J connectivity index is 1.39. The summed E-state index contributed by atoms with van der Waals surface area (Å²) in [5.41, 5.74) is 1.14. The van der Waals surface area contributed by atoms with E-state index >= 15 is 0 Å². The van der Waals surface area contributed by atoms with Gasteiger partial charge in [0.25, 0.3) is 0 Å². The van der Waals surface area contributed by atoms with Crippen molar-refractivity contribution in [1.29, 1.82) is 0 Å². The summed E-state index contributed by atoms with van der Waals surface area (Å²) >= 11 is 0. The molecule has 3 atom stereocenters. The van der Waals surface area contributed by atoms with Crippen LogP contribution in [0.5, 0.6) is 5.88 Å². The Morgan fingerprint density at radius 1 is 1.09 bits per heavy atom. The van der Waals surface area contributed by atoms with Crippen molar-refractivity contribution >= 4 is 17.5 Å². The lowest BCUT2D eigenvalue weighted by Gasteiger charge is -2.41. The van der Waals surface area contributed by atoms with Crippen LogP contribution < -0.4 is 20.3 Å². The molecule has 3 N–H and O–H groups in total. The molecule has 1 aromatic carbocycles. The molecule has 2 aliphatic heterocycles. The highest BCUT2D eigenvalue weighted by Crippen LogP contribution is 2.24. The maximum Gasteiger partial charge on any atom is 0.240 e. The number of anilines is 1. The van der Waals surface area contributed by atoms with E-state index in [1.807, 2.05) is 29.2 Å². The molecule has 9 nitrogen and oxygen atoms in total. The molecule has 0 radical (unpaired) electrons. The van der Waals surface area contributed by atoms with Gasteiger partial charge in [-0.3, -0.25) is 9.59 Å². The number of aliphatic hydroxyl groups is 1. The van der Waals surface area contributed by atoms with Crippen molar-refractivity contribution in [2.45, 2.75) is 18.6 Å². The first-order valence-electron chi connectivity index (χ1n) is 10.9. The summed E-state index contributed by atoms with van der Waals surface area (Å²) in [5, 5.41) is 14.8. The van der Waals surface area contributed by atoms with Gasteiger partial charge in [0, 0.05) is 50.7 Å². The number of hydrogen-bond acceptors (Lipinski definition) is 7. The average Bonchev–Trinajstić information content (AvgIpc) is 2.85. The number of amides is 2. The minimum Gasteiger partial charge on any atom is -0.473 e. The molecule has 1 aromatic heterocycles. The number of aliphatic hydroxyl groups excluding tert-OH is 1. The number of pyridine rings is 1. The molecule has 170 valence electrons. The fraction of sp³-hybridized carbons (Fsp3) is 0.435. The number of rotatable bonds is 6. The van der Waals surface area contributed by atoms with Gasteiger partial charge in [-0.1, -0.05) is 24.3 Å². The molecule has 4 rings (SSSR count). The third kappa shape index (κ3) is 5.17. The van der Waals surface area contributed by atoms with E-state index in [1.54, 1.807) is 18.3 Å². The van der Waals surface area contributed by atoms with Crippen LogP contribution in [0, 0.1) is 5.92 Å². The summed E-state index contributed by atoms with van der Waals surface area (Å²) in [6.45, 7) is 2.61. The van der Waals surface area contributed by atoms with Crippen molar-refractivity contribution in [3.63, 3.8) is 0 Å². The molecule has 32 heavy (non-hydrogen) atoms. The summed E-state index contributed by atoms with van der Waals surface area (Å²) in [5.74, 6) is -0.630. The number of aromatic nitrogens is 1. The largest absolute Gasteiger partial charge is 0.473 e. The zero-order valence-corrected chi connectivity index (χ0v) is 17.9. The van der Waals surface area contributed by atoms with Crippen molar-refractivity contribution in [2.75, 3.05) is 44.4 Å². The second kappa shape index (κ2) is 10.4. The van der Waals surface area contributed by atoms with Gasteiger partial charge in [-0.2, -0.15) is 0 Å². The SMILES string of the molecule is O=C(NCO)[C@H]1C[C@H](Oc2ccccn2)CN[C@@H]1C(=O)N1CCN(c2ccccc2)CC1. The van der Waals surface area contributed by atoms with E-state index in [0.717, 1.165) is 18.8 Å². The van der Waals surface area contributed by atoms with Crippen LogP contribution in [0.4, 0.5) is 5.69 Å². The molecule has 0 saturated carbocycles. The number of para-hydroxylation sites is 1. The molecule has 2 fully saturated rings. The van der Waals surface area contributed by atoms with E-state index in [9.17, 15) is 14.7 Å². The lowest BCUT2D eigenvalue weighted by molar-refractivity contribution is -0.142. The molecule has 0 bridgehead atoms. The first kappa shape index (κ1) is 22.0.